The van der Waals surface area contributed by atoms with Crippen molar-refractivity contribution in [3.63, 3.8) is 0 Å². The molecule has 3 rings (SSSR count). The predicted octanol–water partition coefficient (Wildman–Crippen LogP) is 3.88. The SMILES string of the molecule is FC(F)(F)Oc1cccc(C(NC2CC2)c2nccs2)c1. The monoisotopic (exact) mass is 314 g/mol. The van der Waals surface area contributed by atoms with E-state index in [0.29, 0.717) is 6.04 Å². The van der Waals surface area contributed by atoms with Gasteiger partial charge in [0, 0.05) is 17.6 Å². The Labute approximate surface area is 123 Å². The molecule has 1 aromatic heterocycles. The molecule has 1 fully saturated rings. The Morgan fingerprint density at radius 3 is 2.76 bits per heavy atom. The van der Waals surface area contributed by atoms with E-state index in [1.165, 1.54) is 23.5 Å². The predicted molar refractivity (Wildman–Crippen MR) is 73.2 cm³/mol. The van der Waals surface area contributed by atoms with Crippen molar-refractivity contribution in [2.75, 3.05) is 0 Å². The summed E-state index contributed by atoms with van der Waals surface area (Å²) < 4.78 is 40.9. The van der Waals surface area contributed by atoms with Crippen LogP contribution in [0.4, 0.5) is 13.2 Å². The Kier molecular flexibility index (Phi) is 3.86. The van der Waals surface area contributed by atoms with Gasteiger partial charge in [0.05, 0.1) is 6.04 Å². The maximum absolute atomic E-state index is 12.3. The van der Waals surface area contributed by atoms with E-state index in [-0.39, 0.29) is 11.8 Å². The number of hydrogen-bond donors (Lipinski definition) is 1. The Bertz CT molecular complexity index is 597. The van der Waals surface area contributed by atoms with Crippen molar-refractivity contribution >= 4 is 11.3 Å². The summed E-state index contributed by atoms with van der Waals surface area (Å²) >= 11 is 1.48. The zero-order valence-electron chi connectivity index (χ0n) is 10.9. The van der Waals surface area contributed by atoms with Gasteiger partial charge in [-0.1, -0.05) is 12.1 Å². The molecule has 3 nitrogen and oxygen atoms in total. The first-order valence-corrected chi connectivity index (χ1v) is 7.40. The number of alkyl halides is 3. The number of benzene rings is 1. The van der Waals surface area contributed by atoms with Crippen LogP contribution >= 0.6 is 11.3 Å². The number of hydrogen-bond acceptors (Lipinski definition) is 4. The summed E-state index contributed by atoms with van der Waals surface area (Å²) in [5.74, 6) is -0.209. The van der Waals surface area contributed by atoms with Gasteiger partial charge in [0.2, 0.25) is 0 Å². The molecule has 112 valence electrons. The zero-order chi connectivity index (χ0) is 14.9. The van der Waals surface area contributed by atoms with Crippen LogP contribution in [0.1, 0.15) is 29.5 Å². The van der Waals surface area contributed by atoms with E-state index in [1.54, 1.807) is 18.3 Å². The molecule has 1 aromatic carbocycles. The smallest absolute Gasteiger partial charge is 0.406 e. The highest BCUT2D eigenvalue weighted by atomic mass is 32.1. The number of thiazole rings is 1. The lowest BCUT2D eigenvalue weighted by molar-refractivity contribution is -0.274. The number of nitrogens with zero attached hydrogens (tertiary/aromatic N) is 1. The van der Waals surface area contributed by atoms with Gasteiger partial charge >= 0.3 is 6.36 Å². The number of rotatable bonds is 5. The van der Waals surface area contributed by atoms with Crippen LogP contribution in [-0.4, -0.2) is 17.4 Å². The zero-order valence-corrected chi connectivity index (χ0v) is 11.7. The summed E-state index contributed by atoms with van der Waals surface area (Å²) in [6.45, 7) is 0. The minimum atomic E-state index is -4.68. The summed E-state index contributed by atoms with van der Waals surface area (Å²) in [5.41, 5.74) is 0.721. The van der Waals surface area contributed by atoms with E-state index in [0.717, 1.165) is 23.4 Å². The third-order valence-corrected chi connectivity index (χ3v) is 3.94. The molecule has 0 aliphatic heterocycles. The average Bonchev–Trinajstić information content (AvgIpc) is 3.06. The topological polar surface area (TPSA) is 34.1 Å². The molecule has 2 aromatic rings. The second-order valence-corrected chi connectivity index (χ2v) is 5.79. The normalized spacial score (nSPS) is 16.7. The van der Waals surface area contributed by atoms with Crippen molar-refractivity contribution in [2.24, 2.45) is 0 Å². The van der Waals surface area contributed by atoms with Crippen molar-refractivity contribution in [2.45, 2.75) is 31.3 Å². The van der Waals surface area contributed by atoms with E-state index in [2.05, 4.69) is 15.0 Å². The van der Waals surface area contributed by atoms with E-state index >= 15 is 0 Å². The molecular weight excluding hydrogens is 301 g/mol. The molecule has 1 heterocycles. The highest BCUT2D eigenvalue weighted by molar-refractivity contribution is 7.09. The van der Waals surface area contributed by atoms with E-state index in [9.17, 15) is 13.2 Å². The van der Waals surface area contributed by atoms with Gasteiger partial charge in [0.15, 0.2) is 0 Å². The Morgan fingerprint density at radius 2 is 2.14 bits per heavy atom. The Hall–Kier alpha value is -1.60. The molecule has 1 aliphatic rings. The van der Waals surface area contributed by atoms with Crippen LogP contribution in [0.15, 0.2) is 35.8 Å². The molecule has 0 spiro atoms. The van der Waals surface area contributed by atoms with Gasteiger partial charge in [-0.15, -0.1) is 24.5 Å². The fourth-order valence-corrected chi connectivity index (χ4v) is 2.79. The number of ether oxygens (including phenoxy) is 1. The molecule has 1 N–H and O–H groups in total. The minimum absolute atomic E-state index is 0.200. The third-order valence-electron chi connectivity index (χ3n) is 3.10. The van der Waals surface area contributed by atoms with E-state index < -0.39 is 6.36 Å². The molecule has 1 saturated carbocycles. The third kappa shape index (κ3) is 3.95. The first-order valence-electron chi connectivity index (χ1n) is 6.52. The van der Waals surface area contributed by atoms with Crippen molar-refractivity contribution in [3.05, 3.63) is 46.4 Å². The molecule has 1 aliphatic carbocycles. The van der Waals surface area contributed by atoms with Crippen molar-refractivity contribution < 1.29 is 17.9 Å². The van der Waals surface area contributed by atoms with Gasteiger partial charge < -0.3 is 10.1 Å². The molecule has 21 heavy (non-hydrogen) atoms. The Balaban J connectivity index is 1.86. The van der Waals surface area contributed by atoms with Crippen LogP contribution in [0.3, 0.4) is 0 Å². The van der Waals surface area contributed by atoms with E-state index in [4.69, 9.17) is 0 Å². The highest BCUT2D eigenvalue weighted by Crippen LogP contribution is 2.32. The van der Waals surface area contributed by atoms with E-state index in [1.807, 2.05) is 5.38 Å². The van der Waals surface area contributed by atoms with Gasteiger partial charge in [-0.05, 0) is 30.5 Å². The minimum Gasteiger partial charge on any atom is -0.406 e. The molecule has 7 heteroatoms. The van der Waals surface area contributed by atoms with Crippen LogP contribution in [0.2, 0.25) is 0 Å². The molecule has 0 saturated heterocycles. The first kappa shape index (κ1) is 14.3. The molecule has 0 bridgehead atoms. The standard InChI is InChI=1S/C14H13F3N2OS/c15-14(16,17)20-11-3-1-2-9(8-11)12(19-10-4-5-10)13-18-6-7-21-13/h1-3,6-8,10,12,19H,4-5H2. The lowest BCUT2D eigenvalue weighted by Gasteiger charge is -2.18. The molecule has 0 amide bonds. The second kappa shape index (κ2) is 5.65. The maximum Gasteiger partial charge on any atom is 0.573 e. The summed E-state index contributed by atoms with van der Waals surface area (Å²) in [7, 11) is 0. The second-order valence-electron chi connectivity index (χ2n) is 4.86. The first-order chi connectivity index (χ1) is 10.0. The van der Waals surface area contributed by atoms with Crippen LogP contribution in [0, 0.1) is 0 Å². The molecule has 1 unspecified atom stereocenters. The van der Waals surface area contributed by atoms with Crippen molar-refractivity contribution in [1.82, 2.24) is 10.3 Å². The quantitative estimate of drug-likeness (QED) is 0.909. The largest absolute Gasteiger partial charge is 0.573 e. The summed E-state index contributed by atoms with van der Waals surface area (Å²) in [5, 5.41) is 6.10. The van der Waals surface area contributed by atoms with Crippen molar-refractivity contribution in [1.29, 1.82) is 0 Å². The summed E-state index contributed by atoms with van der Waals surface area (Å²) in [6.07, 6.45) is -0.821. The lowest BCUT2D eigenvalue weighted by Crippen LogP contribution is -2.24. The van der Waals surface area contributed by atoms with Gasteiger partial charge in [0.1, 0.15) is 10.8 Å². The number of halogens is 3. The van der Waals surface area contributed by atoms with Crippen LogP contribution in [0.25, 0.3) is 0 Å². The lowest BCUT2D eigenvalue weighted by atomic mass is 10.1. The van der Waals surface area contributed by atoms with Gasteiger partial charge in [-0.25, -0.2) is 4.98 Å². The van der Waals surface area contributed by atoms with Crippen LogP contribution < -0.4 is 10.1 Å². The molecule has 0 radical (unpaired) electrons. The van der Waals surface area contributed by atoms with Crippen LogP contribution in [-0.2, 0) is 0 Å². The summed E-state index contributed by atoms with van der Waals surface area (Å²) in [4.78, 5) is 4.27. The fraction of sp³-hybridized carbons (Fsp3) is 0.357. The average molecular weight is 314 g/mol. The summed E-state index contributed by atoms with van der Waals surface area (Å²) in [6, 6.07) is 6.26. The van der Waals surface area contributed by atoms with Gasteiger partial charge in [-0.3, -0.25) is 0 Å². The fourth-order valence-electron chi connectivity index (χ4n) is 2.06. The van der Waals surface area contributed by atoms with Crippen LogP contribution in [0.5, 0.6) is 5.75 Å². The number of nitrogens with one attached hydrogen (secondary N) is 1. The number of aromatic nitrogens is 1. The van der Waals surface area contributed by atoms with Gasteiger partial charge in [0.25, 0.3) is 0 Å². The highest BCUT2D eigenvalue weighted by Gasteiger charge is 2.32. The Morgan fingerprint density at radius 1 is 1.33 bits per heavy atom. The maximum atomic E-state index is 12.3. The van der Waals surface area contributed by atoms with Crippen molar-refractivity contribution in [3.8, 4) is 5.75 Å². The molecular formula is C14H13F3N2OS. The molecule has 1 atom stereocenters. The van der Waals surface area contributed by atoms with Gasteiger partial charge in [-0.2, -0.15) is 0 Å².